The molecule has 0 unspecified atom stereocenters. The molecule has 1 N–H and O–H groups in total. The highest BCUT2D eigenvalue weighted by Crippen LogP contribution is 2.24. The van der Waals surface area contributed by atoms with Crippen LogP contribution in [0.5, 0.6) is 0 Å². The molecule has 1 heterocycles. The highest BCUT2D eigenvalue weighted by Gasteiger charge is 2.16. The number of fused-ring (bicyclic) bond motifs is 1. The van der Waals surface area contributed by atoms with E-state index < -0.39 is 0 Å². The minimum absolute atomic E-state index is 0.0162. The first kappa shape index (κ1) is 13.1. The van der Waals surface area contributed by atoms with Gasteiger partial charge in [0, 0.05) is 28.2 Å². The van der Waals surface area contributed by atoms with Crippen LogP contribution in [0.1, 0.15) is 32.6 Å². The van der Waals surface area contributed by atoms with Crippen molar-refractivity contribution >= 4 is 16.7 Å². The normalized spacial score (nSPS) is 10.5. The van der Waals surface area contributed by atoms with Crippen molar-refractivity contribution in [1.82, 2.24) is 4.98 Å². The molecular weight excluding hydrogens is 260 g/mol. The number of hydrogen-bond acceptors (Lipinski definition) is 2. The Bertz CT molecular complexity index is 897. The van der Waals surface area contributed by atoms with E-state index in [0.29, 0.717) is 16.7 Å². The lowest BCUT2D eigenvalue weighted by Crippen LogP contribution is -2.04. The van der Waals surface area contributed by atoms with Crippen molar-refractivity contribution in [1.29, 1.82) is 5.26 Å². The highest BCUT2D eigenvalue weighted by molar-refractivity contribution is 6.17. The molecule has 0 radical (unpaired) electrons. The molecule has 0 aliphatic carbocycles. The summed E-state index contributed by atoms with van der Waals surface area (Å²) in [6, 6.07) is 13.2. The molecule has 3 heteroatoms. The van der Waals surface area contributed by atoms with Crippen LogP contribution in [0.3, 0.4) is 0 Å². The first-order valence-electron chi connectivity index (χ1n) is 6.74. The van der Waals surface area contributed by atoms with Gasteiger partial charge in [0.05, 0.1) is 11.6 Å². The molecule has 2 aromatic carbocycles. The number of nitrogens with one attached hydrogen (secondary N) is 1. The number of aromatic amines is 1. The molecule has 0 saturated heterocycles. The Labute approximate surface area is 122 Å². The van der Waals surface area contributed by atoms with E-state index in [9.17, 15) is 4.79 Å². The molecule has 0 aliphatic rings. The third kappa shape index (κ3) is 2.11. The van der Waals surface area contributed by atoms with Gasteiger partial charge in [0.25, 0.3) is 0 Å². The number of aromatic nitrogens is 1. The number of benzene rings is 2. The first-order valence-corrected chi connectivity index (χ1v) is 6.74. The number of hydrogen-bond donors (Lipinski definition) is 1. The van der Waals surface area contributed by atoms with Gasteiger partial charge in [-0.25, -0.2) is 0 Å². The summed E-state index contributed by atoms with van der Waals surface area (Å²) >= 11 is 0. The van der Waals surface area contributed by atoms with Crippen molar-refractivity contribution in [2.24, 2.45) is 0 Å². The van der Waals surface area contributed by atoms with Crippen LogP contribution < -0.4 is 0 Å². The predicted octanol–water partition coefficient (Wildman–Crippen LogP) is 3.89. The summed E-state index contributed by atoms with van der Waals surface area (Å²) in [5, 5.41) is 9.81. The zero-order valence-electron chi connectivity index (χ0n) is 11.9. The van der Waals surface area contributed by atoms with E-state index in [2.05, 4.69) is 11.1 Å². The van der Waals surface area contributed by atoms with Gasteiger partial charge < -0.3 is 4.98 Å². The van der Waals surface area contributed by atoms with Crippen LogP contribution >= 0.6 is 0 Å². The van der Waals surface area contributed by atoms with Crippen LogP contribution in [-0.4, -0.2) is 10.8 Å². The van der Waals surface area contributed by atoms with E-state index >= 15 is 0 Å². The lowest BCUT2D eigenvalue weighted by Gasteiger charge is -2.07. The van der Waals surface area contributed by atoms with Gasteiger partial charge >= 0.3 is 0 Å². The number of nitriles is 1. The Kier molecular flexibility index (Phi) is 3.08. The van der Waals surface area contributed by atoms with Crippen molar-refractivity contribution in [3.63, 3.8) is 0 Å². The van der Waals surface area contributed by atoms with E-state index in [1.807, 2.05) is 38.1 Å². The molecule has 3 rings (SSSR count). The van der Waals surface area contributed by atoms with E-state index in [1.165, 1.54) is 0 Å². The average Bonchev–Trinajstić information content (AvgIpc) is 2.92. The van der Waals surface area contributed by atoms with E-state index in [0.717, 1.165) is 22.0 Å². The van der Waals surface area contributed by atoms with E-state index in [-0.39, 0.29) is 5.78 Å². The number of carbonyl (C=O) groups excluding carboxylic acids is 1. The van der Waals surface area contributed by atoms with Gasteiger partial charge in [-0.2, -0.15) is 5.26 Å². The van der Waals surface area contributed by atoms with Crippen LogP contribution in [0.4, 0.5) is 0 Å². The molecule has 0 fully saturated rings. The summed E-state index contributed by atoms with van der Waals surface area (Å²) in [6.07, 6.45) is 1.72. The summed E-state index contributed by atoms with van der Waals surface area (Å²) in [6.45, 7) is 3.95. The Morgan fingerprint density at radius 2 is 1.95 bits per heavy atom. The molecule has 21 heavy (non-hydrogen) atoms. The summed E-state index contributed by atoms with van der Waals surface area (Å²) in [5.41, 5.74) is 4.82. The second kappa shape index (κ2) is 4.92. The molecule has 0 amide bonds. The topological polar surface area (TPSA) is 56.6 Å². The lowest BCUT2D eigenvalue weighted by atomic mass is 9.95. The third-order valence-corrected chi connectivity index (χ3v) is 3.90. The Hall–Kier alpha value is -2.86. The highest BCUT2D eigenvalue weighted by atomic mass is 16.1. The first-order chi connectivity index (χ1) is 10.1. The van der Waals surface area contributed by atoms with Gasteiger partial charge in [0.15, 0.2) is 5.78 Å². The number of rotatable bonds is 2. The number of nitrogens with zero attached hydrogens (tertiary/aromatic N) is 1. The van der Waals surface area contributed by atoms with Crippen molar-refractivity contribution in [2.75, 3.05) is 0 Å². The number of H-pyrrole nitrogens is 1. The Morgan fingerprint density at radius 3 is 2.71 bits per heavy atom. The SMILES string of the molecule is Cc1cccc(C(=O)c2c[nH]c3ccc(C#N)cc23)c1C. The molecule has 0 saturated carbocycles. The lowest BCUT2D eigenvalue weighted by molar-refractivity contribution is 0.103. The molecule has 1 aromatic heterocycles. The maximum Gasteiger partial charge on any atom is 0.195 e. The number of ketones is 1. The minimum Gasteiger partial charge on any atom is -0.360 e. The van der Waals surface area contributed by atoms with Crippen LogP contribution in [0.15, 0.2) is 42.6 Å². The summed E-state index contributed by atoms with van der Waals surface area (Å²) < 4.78 is 0. The van der Waals surface area contributed by atoms with E-state index in [4.69, 9.17) is 5.26 Å². The number of carbonyl (C=O) groups is 1. The minimum atomic E-state index is -0.0162. The largest absolute Gasteiger partial charge is 0.360 e. The predicted molar refractivity (Wildman–Crippen MR) is 82.4 cm³/mol. The van der Waals surface area contributed by atoms with Crippen molar-refractivity contribution in [3.05, 3.63) is 70.4 Å². The molecule has 0 atom stereocenters. The standard InChI is InChI=1S/C18H14N2O/c1-11-4-3-5-14(12(11)2)18(21)16-10-20-17-7-6-13(9-19)8-15(16)17/h3-8,10,20H,1-2H3. The summed E-state index contributed by atoms with van der Waals surface area (Å²) in [5.74, 6) is -0.0162. The average molecular weight is 274 g/mol. The fourth-order valence-electron chi connectivity index (χ4n) is 2.52. The third-order valence-electron chi connectivity index (χ3n) is 3.90. The molecule has 3 aromatic rings. The molecule has 0 bridgehead atoms. The van der Waals surface area contributed by atoms with Gasteiger partial charge in [-0.1, -0.05) is 18.2 Å². The maximum absolute atomic E-state index is 12.8. The van der Waals surface area contributed by atoms with Crippen molar-refractivity contribution in [2.45, 2.75) is 13.8 Å². The van der Waals surface area contributed by atoms with E-state index in [1.54, 1.807) is 18.3 Å². The van der Waals surface area contributed by atoms with Crippen LogP contribution in [0.25, 0.3) is 10.9 Å². The fraction of sp³-hybridized carbons (Fsp3) is 0.111. The summed E-state index contributed by atoms with van der Waals surface area (Å²) in [4.78, 5) is 15.9. The Balaban J connectivity index is 2.18. The van der Waals surface area contributed by atoms with Crippen LogP contribution in [-0.2, 0) is 0 Å². The fourth-order valence-corrected chi connectivity index (χ4v) is 2.52. The molecule has 102 valence electrons. The Morgan fingerprint density at radius 1 is 1.14 bits per heavy atom. The van der Waals surface area contributed by atoms with Crippen molar-refractivity contribution < 1.29 is 4.79 Å². The zero-order valence-corrected chi connectivity index (χ0v) is 11.9. The second-order valence-corrected chi connectivity index (χ2v) is 5.15. The van der Waals surface area contributed by atoms with Gasteiger partial charge in [-0.05, 0) is 43.2 Å². The zero-order chi connectivity index (χ0) is 15.0. The van der Waals surface area contributed by atoms with Crippen LogP contribution in [0, 0.1) is 25.2 Å². The molecule has 0 spiro atoms. The maximum atomic E-state index is 12.8. The molecular formula is C18H14N2O. The van der Waals surface area contributed by atoms with Crippen molar-refractivity contribution in [3.8, 4) is 6.07 Å². The summed E-state index contributed by atoms with van der Waals surface area (Å²) in [7, 11) is 0. The smallest absolute Gasteiger partial charge is 0.195 e. The second-order valence-electron chi connectivity index (χ2n) is 5.15. The van der Waals surface area contributed by atoms with Gasteiger partial charge in [0.1, 0.15) is 0 Å². The monoisotopic (exact) mass is 274 g/mol. The van der Waals surface area contributed by atoms with Gasteiger partial charge in [-0.3, -0.25) is 4.79 Å². The van der Waals surface area contributed by atoms with Gasteiger partial charge in [-0.15, -0.1) is 0 Å². The quantitative estimate of drug-likeness (QED) is 0.721. The van der Waals surface area contributed by atoms with Gasteiger partial charge in [0.2, 0.25) is 0 Å². The number of aryl methyl sites for hydroxylation is 1. The molecule has 0 aliphatic heterocycles. The molecule has 3 nitrogen and oxygen atoms in total. The van der Waals surface area contributed by atoms with Crippen LogP contribution in [0.2, 0.25) is 0 Å².